The van der Waals surface area contributed by atoms with Crippen LogP contribution in [0.4, 0.5) is 0 Å². The van der Waals surface area contributed by atoms with E-state index in [-0.39, 0.29) is 18.1 Å². The Hall–Kier alpha value is -2.81. The maximum absolute atomic E-state index is 12.5. The lowest BCUT2D eigenvalue weighted by Crippen LogP contribution is -2.07. The molecule has 0 N–H and O–H groups in total. The summed E-state index contributed by atoms with van der Waals surface area (Å²) in [5, 5.41) is 9.23. The summed E-state index contributed by atoms with van der Waals surface area (Å²) >= 11 is 8.55. The number of aromatic nitrogens is 3. The van der Waals surface area contributed by atoms with Crippen molar-refractivity contribution >= 4 is 40.5 Å². The molecule has 2 aromatic carbocycles. The Morgan fingerprint density at radius 1 is 1.03 bits per heavy atom. The average Bonchev–Trinajstić information content (AvgIpc) is 3.43. The molecule has 4 rings (SSSR count). The van der Waals surface area contributed by atoms with Gasteiger partial charge in [0, 0.05) is 5.69 Å². The molecule has 4 aromatic rings. The molecule has 0 aliphatic carbocycles. The summed E-state index contributed by atoms with van der Waals surface area (Å²) in [6.45, 7) is 0.225. The van der Waals surface area contributed by atoms with Gasteiger partial charge in [0.1, 0.15) is 18.1 Å². The van der Waals surface area contributed by atoms with Crippen LogP contribution in [0.3, 0.4) is 0 Å². The van der Waals surface area contributed by atoms with Crippen LogP contribution < -0.4 is 9.47 Å². The highest BCUT2D eigenvalue weighted by molar-refractivity contribution is 7.99. The van der Waals surface area contributed by atoms with Crippen LogP contribution in [-0.2, 0) is 6.61 Å². The summed E-state index contributed by atoms with van der Waals surface area (Å²) in [7, 11) is 1.62. The second-order valence-corrected chi connectivity index (χ2v) is 9.01. The van der Waals surface area contributed by atoms with Crippen LogP contribution in [0.25, 0.3) is 5.69 Å². The minimum absolute atomic E-state index is 0.000504. The first-order chi connectivity index (χ1) is 15.1. The number of methoxy groups -OCH3 is 1. The first-order valence-electron chi connectivity index (χ1n) is 9.32. The van der Waals surface area contributed by atoms with E-state index in [1.54, 1.807) is 19.2 Å². The van der Waals surface area contributed by atoms with E-state index in [2.05, 4.69) is 10.2 Å². The summed E-state index contributed by atoms with van der Waals surface area (Å²) in [6.07, 6.45) is 0. The first-order valence-corrected chi connectivity index (χ1v) is 11.5. The number of thioether (sulfide) groups is 1. The topological polar surface area (TPSA) is 66.2 Å². The zero-order valence-electron chi connectivity index (χ0n) is 16.5. The molecule has 0 atom stereocenters. The zero-order chi connectivity index (χ0) is 21.6. The number of hydrogen-bond acceptors (Lipinski definition) is 7. The first kappa shape index (κ1) is 21.4. The van der Waals surface area contributed by atoms with E-state index in [0.29, 0.717) is 25.9 Å². The molecule has 0 saturated heterocycles. The maximum Gasteiger partial charge on any atom is 0.196 e. The Bertz CT molecular complexity index is 1160. The Kier molecular flexibility index (Phi) is 6.91. The van der Waals surface area contributed by atoms with Gasteiger partial charge in [0.15, 0.2) is 16.8 Å². The molecule has 0 bridgehead atoms. The number of ketones is 1. The quantitative estimate of drug-likeness (QED) is 0.236. The SMILES string of the molecule is COc1ccc(OCc2nnc(SCC(=O)c3ccc(Cl)s3)n2-c2ccccc2)cc1. The van der Waals surface area contributed by atoms with E-state index in [4.69, 9.17) is 21.1 Å². The molecule has 9 heteroatoms. The number of nitrogens with zero attached hydrogens (tertiary/aromatic N) is 3. The van der Waals surface area contributed by atoms with Crippen molar-refractivity contribution in [3.63, 3.8) is 0 Å². The van der Waals surface area contributed by atoms with Crippen molar-refractivity contribution in [2.24, 2.45) is 0 Å². The molecular formula is C22H18ClN3O3S2. The standard InChI is InChI=1S/C22H18ClN3O3S2/c1-28-16-7-9-17(10-8-16)29-13-21-24-25-22(26(21)15-5-3-2-4-6-15)30-14-18(27)19-11-12-20(23)31-19/h2-12H,13-14H2,1H3. The highest BCUT2D eigenvalue weighted by Gasteiger charge is 2.17. The van der Waals surface area contributed by atoms with Crippen LogP contribution in [0.5, 0.6) is 11.5 Å². The van der Waals surface area contributed by atoms with Crippen molar-refractivity contribution in [1.82, 2.24) is 14.8 Å². The summed E-state index contributed by atoms with van der Waals surface area (Å²) < 4.78 is 13.6. The third kappa shape index (κ3) is 5.28. The summed E-state index contributed by atoms with van der Waals surface area (Å²) in [5.74, 6) is 2.33. The van der Waals surface area contributed by atoms with Gasteiger partial charge in [-0.05, 0) is 48.5 Å². The number of halogens is 1. The molecule has 0 spiro atoms. The lowest BCUT2D eigenvalue weighted by atomic mass is 10.3. The highest BCUT2D eigenvalue weighted by atomic mass is 35.5. The van der Waals surface area contributed by atoms with E-state index in [9.17, 15) is 4.79 Å². The van der Waals surface area contributed by atoms with Crippen molar-refractivity contribution in [3.05, 3.63) is 81.8 Å². The van der Waals surface area contributed by atoms with E-state index < -0.39 is 0 Å². The molecule has 2 heterocycles. The molecule has 6 nitrogen and oxygen atoms in total. The lowest BCUT2D eigenvalue weighted by Gasteiger charge is -2.11. The van der Waals surface area contributed by atoms with Crippen molar-refractivity contribution < 1.29 is 14.3 Å². The fraction of sp³-hybridized carbons (Fsp3) is 0.136. The molecule has 0 aliphatic heterocycles. The number of hydrogen-bond donors (Lipinski definition) is 0. The molecule has 2 aromatic heterocycles. The van der Waals surface area contributed by atoms with Gasteiger partial charge in [-0.2, -0.15) is 0 Å². The van der Waals surface area contributed by atoms with Gasteiger partial charge in [0.05, 0.1) is 22.1 Å². The zero-order valence-corrected chi connectivity index (χ0v) is 18.9. The number of carbonyl (C=O) groups is 1. The molecule has 0 radical (unpaired) electrons. The monoisotopic (exact) mass is 471 g/mol. The summed E-state index contributed by atoms with van der Waals surface area (Å²) in [5.41, 5.74) is 0.898. The number of Topliss-reactive ketones (excluding diaryl/α,β-unsaturated/α-hetero) is 1. The van der Waals surface area contributed by atoms with Gasteiger partial charge in [-0.15, -0.1) is 21.5 Å². The molecule has 0 saturated carbocycles. The Morgan fingerprint density at radius 2 is 1.77 bits per heavy atom. The van der Waals surface area contributed by atoms with Crippen molar-refractivity contribution in [3.8, 4) is 17.2 Å². The lowest BCUT2D eigenvalue weighted by molar-refractivity contribution is 0.102. The van der Waals surface area contributed by atoms with Crippen LogP contribution in [0.1, 0.15) is 15.5 Å². The molecular weight excluding hydrogens is 454 g/mol. The predicted octanol–water partition coefficient (Wildman–Crippen LogP) is 5.54. The minimum Gasteiger partial charge on any atom is -0.497 e. The third-order valence-corrected chi connectivity index (χ3v) is 6.52. The second kappa shape index (κ2) is 10.00. The van der Waals surface area contributed by atoms with Gasteiger partial charge in [0.25, 0.3) is 0 Å². The van der Waals surface area contributed by atoms with E-state index in [1.807, 2.05) is 59.2 Å². The molecule has 0 amide bonds. The van der Waals surface area contributed by atoms with Gasteiger partial charge < -0.3 is 9.47 Å². The third-order valence-electron chi connectivity index (χ3n) is 4.32. The second-order valence-electron chi connectivity index (χ2n) is 6.35. The highest BCUT2D eigenvalue weighted by Crippen LogP contribution is 2.27. The minimum atomic E-state index is 0.000504. The van der Waals surface area contributed by atoms with Gasteiger partial charge in [-0.25, -0.2) is 0 Å². The maximum atomic E-state index is 12.5. The van der Waals surface area contributed by atoms with Crippen molar-refractivity contribution in [1.29, 1.82) is 0 Å². The number of benzene rings is 2. The van der Waals surface area contributed by atoms with Crippen LogP contribution in [0.15, 0.2) is 71.9 Å². The van der Waals surface area contributed by atoms with Crippen LogP contribution in [-0.4, -0.2) is 33.4 Å². The summed E-state index contributed by atoms with van der Waals surface area (Å²) in [6, 6.07) is 20.6. The van der Waals surface area contributed by atoms with E-state index in [1.165, 1.54) is 23.1 Å². The fourth-order valence-electron chi connectivity index (χ4n) is 2.81. The molecule has 0 fully saturated rings. The van der Waals surface area contributed by atoms with Crippen molar-refractivity contribution in [2.45, 2.75) is 11.8 Å². The Labute approximate surface area is 192 Å². The molecule has 158 valence electrons. The summed E-state index contributed by atoms with van der Waals surface area (Å²) in [4.78, 5) is 13.1. The Morgan fingerprint density at radius 3 is 2.45 bits per heavy atom. The predicted molar refractivity (Wildman–Crippen MR) is 123 cm³/mol. The fourth-order valence-corrected chi connectivity index (χ4v) is 4.74. The van der Waals surface area contributed by atoms with Crippen LogP contribution in [0.2, 0.25) is 4.34 Å². The average molecular weight is 472 g/mol. The van der Waals surface area contributed by atoms with Gasteiger partial charge in [-0.3, -0.25) is 9.36 Å². The number of para-hydroxylation sites is 1. The van der Waals surface area contributed by atoms with E-state index >= 15 is 0 Å². The number of rotatable bonds is 9. The normalized spacial score (nSPS) is 10.8. The Balaban J connectivity index is 1.53. The van der Waals surface area contributed by atoms with Crippen LogP contribution >= 0.6 is 34.7 Å². The van der Waals surface area contributed by atoms with Gasteiger partial charge in [0.2, 0.25) is 0 Å². The number of carbonyl (C=O) groups excluding carboxylic acids is 1. The van der Waals surface area contributed by atoms with Crippen LogP contribution in [0, 0.1) is 0 Å². The van der Waals surface area contributed by atoms with E-state index in [0.717, 1.165) is 11.4 Å². The number of thiophene rings is 1. The molecule has 0 unspecified atom stereocenters. The van der Waals surface area contributed by atoms with Gasteiger partial charge >= 0.3 is 0 Å². The smallest absolute Gasteiger partial charge is 0.196 e. The molecule has 0 aliphatic rings. The largest absolute Gasteiger partial charge is 0.497 e. The van der Waals surface area contributed by atoms with Gasteiger partial charge in [-0.1, -0.05) is 41.6 Å². The van der Waals surface area contributed by atoms with Crippen molar-refractivity contribution in [2.75, 3.05) is 12.9 Å². The molecule has 31 heavy (non-hydrogen) atoms. The number of ether oxygens (including phenoxy) is 2.